The highest BCUT2D eigenvalue weighted by Crippen LogP contribution is 2.31. The third-order valence-electron chi connectivity index (χ3n) is 4.10. The van der Waals surface area contributed by atoms with E-state index < -0.39 is 55.7 Å². The van der Waals surface area contributed by atoms with E-state index in [1.54, 1.807) is 6.92 Å². The quantitative estimate of drug-likeness (QED) is 0.458. The molecule has 3 heterocycles. The summed E-state index contributed by atoms with van der Waals surface area (Å²) in [5.74, 6) is 0.385. The molecule has 8 atom stereocenters. The number of ether oxygens (including phenoxy) is 4. The zero-order valence-corrected chi connectivity index (χ0v) is 12.1. The number of fused-ring (bicyclic) bond motifs is 1. The molecule has 2 fully saturated rings. The van der Waals surface area contributed by atoms with Gasteiger partial charge in [0.15, 0.2) is 12.2 Å². The average Bonchev–Trinajstić information content (AvgIpc) is 2.87. The molecule has 3 unspecified atom stereocenters. The Morgan fingerprint density at radius 2 is 2.05 bits per heavy atom. The molecule has 9 nitrogen and oxygen atoms in total. The van der Waals surface area contributed by atoms with Crippen LogP contribution in [0.5, 0.6) is 0 Å². The monoisotopic (exact) mass is 319 g/mol. The van der Waals surface area contributed by atoms with Crippen molar-refractivity contribution in [1.82, 2.24) is 0 Å². The molecule has 126 valence electrons. The van der Waals surface area contributed by atoms with E-state index in [0.29, 0.717) is 12.3 Å². The normalized spacial score (nSPS) is 48.5. The highest BCUT2D eigenvalue weighted by Gasteiger charge is 2.51. The van der Waals surface area contributed by atoms with Crippen molar-refractivity contribution >= 4 is 5.90 Å². The maximum atomic E-state index is 10.4. The van der Waals surface area contributed by atoms with Crippen LogP contribution in [0.15, 0.2) is 4.99 Å². The highest BCUT2D eigenvalue weighted by atomic mass is 16.7. The lowest BCUT2D eigenvalue weighted by Crippen LogP contribution is -2.60. The van der Waals surface area contributed by atoms with Gasteiger partial charge >= 0.3 is 0 Å². The molecule has 0 amide bonds. The van der Waals surface area contributed by atoms with Gasteiger partial charge in [-0.3, -0.25) is 0 Å². The van der Waals surface area contributed by atoms with Gasteiger partial charge in [-0.25, -0.2) is 4.99 Å². The Morgan fingerprint density at radius 3 is 2.77 bits per heavy atom. The molecule has 3 aliphatic rings. The first-order valence-corrected chi connectivity index (χ1v) is 7.30. The van der Waals surface area contributed by atoms with Crippen molar-refractivity contribution in [3.63, 3.8) is 0 Å². The molecule has 2 saturated heterocycles. The van der Waals surface area contributed by atoms with Crippen LogP contribution in [0.3, 0.4) is 0 Å². The Morgan fingerprint density at radius 1 is 1.27 bits per heavy atom. The second kappa shape index (κ2) is 6.36. The minimum Gasteiger partial charge on any atom is -0.450 e. The molecule has 0 aromatic heterocycles. The van der Waals surface area contributed by atoms with Gasteiger partial charge in [0, 0.05) is 6.92 Å². The van der Waals surface area contributed by atoms with Crippen LogP contribution in [0.2, 0.25) is 0 Å². The predicted octanol–water partition coefficient (Wildman–Crippen LogP) is -2.26. The maximum Gasteiger partial charge on any atom is 0.227 e. The molecule has 3 aliphatic heterocycles. The van der Waals surface area contributed by atoms with Gasteiger partial charge in [-0.05, 0) is 6.42 Å². The van der Waals surface area contributed by atoms with Gasteiger partial charge in [0.1, 0.15) is 30.5 Å². The van der Waals surface area contributed by atoms with Gasteiger partial charge < -0.3 is 39.4 Å². The van der Waals surface area contributed by atoms with Crippen LogP contribution in [0.4, 0.5) is 0 Å². The fraction of sp³-hybridized carbons (Fsp3) is 0.923. The number of hydrogen-bond donors (Lipinski definition) is 4. The van der Waals surface area contributed by atoms with Gasteiger partial charge in [-0.15, -0.1) is 0 Å². The van der Waals surface area contributed by atoms with E-state index in [9.17, 15) is 20.4 Å². The summed E-state index contributed by atoms with van der Waals surface area (Å²) in [7, 11) is 0. The predicted molar refractivity (Wildman–Crippen MR) is 71.0 cm³/mol. The molecule has 4 N–H and O–H groups in total. The van der Waals surface area contributed by atoms with Crippen molar-refractivity contribution in [2.45, 2.75) is 62.5 Å². The van der Waals surface area contributed by atoms with Gasteiger partial charge in [0.25, 0.3) is 0 Å². The lowest BCUT2D eigenvalue weighted by atomic mass is 9.97. The van der Waals surface area contributed by atoms with E-state index in [0.717, 1.165) is 0 Å². The van der Waals surface area contributed by atoms with Crippen LogP contribution in [0.25, 0.3) is 0 Å². The summed E-state index contributed by atoms with van der Waals surface area (Å²) in [5, 5.41) is 39.5. The molecule has 22 heavy (non-hydrogen) atoms. The standard InChI is InChI=1S/C13H21NO8/c1-5-14-8-10(18)11(7(4-15)21-12(8)20-5)22-13-9(17)6(16)2-3-19-13/h6-13,15-18H,2-4H2,1H3/t6-,7?,8?,9?,10+,11+,12-,13-/m0/s1. The summed E-state index contributed by atoms with van der Waals surface area (Å²) < 4.78 is 21.7. The molecule has 0 bridgehead atoms. The van der Waals surface area contributed by atoms with E-state index in [1.807, 2.05) is 0 Å². The first-order chi connectivity index (χ1) is 10.5. The zero-order chi connectivity index (χ0) is 15.9. The number of rotatable bonds is 3. The third-order valence-corrected chi connectivity index (χ3v) is 4.10. The van der Waals surface area contributed by atoms with Crippen molar-refractivity contribution < 1.29 is 39.4 Å². The fourth-order valence-electron chi connectivity index (χ4n) is 2.89. The van der Waals surface area contributed by atoms with E-state index in [4.69, 9.17) is 18.9 Å². The topological polar surface area (TPSA) is 130 Å². The molecule has 0 aliphatic carbocycles. The molecule has 3 rings (SSSR count). The van der Waals surface area contributed by atoms with Crippen molar-refractivity contribution in [3.8, 4) is 0 Å². The molecule has 0 aromatic carbocycles. The first kappa shape index (κ1) is 16.1. The van der Waals surface area contributed by atoms with Crippen LogP contribution in [-0.2, 0) is 18.9 Å². The lowest BCUT2D eigenvalue weighted by molar-refractivity contribution is -0.313. The summed E-state index contributed by atoms with van der Waals surface area (Å²) in [6.07, 6.45) is -6.68. The van der Waals surface area contributed by atoms with Gasteiger partial charge in [0.2, 0.25) is 6.29 Å². The number of aliphatic hydroxyl groups is 4. The largest absolute Gasteiger partial charge is 0.450 e. The molecule has 0 saturated carbocycles. The summed E-state index contributed by atoms with van der Waals surface area (Å²) in [4.78, 5) is 4.14. The zero-order valence-electron chi connectivity index (χ0n) is 12.1. The SMILES string of the molecule is CC1=NC2[C@@H](O1)OC(CO)[C@@H](O[C@@H]1OCC[C@H](O)C1O)[C@@H]2O. The van der Waals surface area contributed by atoms with E-state index >= 15 is 0 Å². The summed E-state index contributed by atoms with van der Waals surface area (Å²) >= 11 is 0. The number of hydrogen-bond acceptors (Lipinski definition) is 9. The van der Waals surface area contributed by atoms with Crippen LogP contribution in [0.1, 0.15) is 13.3 Å². The average molecular weight is 319 g/mol. The van der Waals surface area contributed by atoms with E-state index in [2.05, 4.69) is 4.99 Å². The first-order valence-electron chi connectivity index (χ1n) is 7.30. The van der Waals surface area contributed by atoms with Crippen molar-refractivity contribution in [2.24, 2.45) is 4.99 Å². The molecule has 0 radical (unpaired) electrons. The smallest absolute Gasteiger partial charge is 0.227 e. The summed E-state index contributed by atoms with van der Waals surface area (Å²) in [5.41, 5.74) is 0. The molecule has 0 aromatic rings. The molecule has 9 heteroatoms. The minimum atomic E-state index is -1.23. The Labute approximate surface area is 127 Å². The Balaban J connectivity index is 1.72. The van der Waals surface area contributed by atoms with E-state index in [1.165, 1.54) is 0 Å². The Kier molecular flexibility index (Phi) is 4.64. The summed E-state index contributed by atoms with van der Waals surface area (Å²) in [6, 6.07) is -0.668. The Bertz CT molecular complexity index is 432. The van der Waals surface area contributed by atoms with Gasteiger partial charge in [-0.1, -0.05) is 0 Å². The van der Waals surface area contributed by atoms with Crippen LogP contribution in [-0.4, -0.2) is 88.7 Å². The van der Waals surface area contributed by atoms with Gasteiger partial charge in [-0.2, -0.15) is 0 Å². The van der Waals surface area contributed by atoms with Crippen molar-refractivity contribution in [2.75, 3.05) is 13.2 Å². The fourth-order valence-corrected chi connectivity index (χ4v) is 2.89. The third kappa shape index (κ3) is 2.85. The molecular weight excluding hydrogens is 298 g/mol. The Hall–Kier alpha value is -0.810. The molecule has 0 spiro atoms. The minimum absolute atomic E-state index is 0.225. The lowest BCUT2D eigenvalue weighted by Gasteiger charge is -2.42. The number of nitrogens with zero attached hydrogens (tertiary/aromatic N) is 1. The maximum absolute atomic E-state index is 10.4. The second-order valence-electron chi connectivity index (χ2n) is 5.66. The van der Waals surface area contributed by atoms with Crippen LogP contribution < -0.4 is 0 Å². The highest BCUT2D eigenvalue weighted by molar-refractivity contribution is 5.75. The number of aliphatic imine (C=N–C) groups is 1. The van der Waals surface area contributed by atoms with Crippen molar-refractivity contribution in [1.29, 1.82) is 0 Å². The van der Waals surface area contributed by atoms with Crippen molar-refractivity contribution in [3.05, 3.63) is 0 Å². The molecular formula is C13H21NO8. The number of aliphatic hydroxyl groups excluding tert-OH is 4. The van der Waals surface area contributed by atoms with Crippen LogP contribution in [0, 0.1) is 0 Å². The second-order valence-corrected chi connectivity index (χ2v) is 5.66. The van der Waals surface area contributed by atoms with Crippen LogP contribution >= 0.6 is 0 Å². The summed E-state index contributed by atoms with van der Waals surface area (Å²) in [6.45, 7) is 1.46. The van der Waals surface area contributed by atoms with Gasteiger partial charge in [0.05, 0.1) is 19.3 Å². The van der Waals surface area contributed by atoms with E-state index in [-0.39, 0.29) is 6.61 Å².